The van der Waals surface area contributed by atoms with Crippen molar-refractivity contribution in [1.29, 1.82) is 0 Å². The summed E-state index contributed by atoms with van der Waals surface area (Å²) in [6.07, 6.45) is 1.93. The van der Waals surface area contributed by atoms with Crippen LogP contribution in [0, 0.1) is 0 Å². The van der Waals surface area contributed by atoms with Gasteiger partial charge >= 0.3 is 0 Å². The van der Waals surface area contributed by atoms with Gasteiger partial charge < -0.3 is 15.0 Å². The number of anilines is 1. The summed E-state index contributed by atoms with van der Waals surface area (Å²) in [4.78, 5) is 12.4. The molecule has 4 aromatic rings. The second-order valence-corrected chi connectivity index (χ2v) is 8.23. The Morgan fingerprint density at radius 2 is 1.90 bits per heavy atom. The molecule has 1 aromatic heterocycles. The van der Waals surface area contributed by atoms with Crippen molar-refractivity contribution in [3.63, 3.8) is 0 Å². The van der Waals surface area contributed by atoms with Crippen LogP contribution in [0.5, 0.6) is 5.88 Å². The first-order valence-electron chi connectivity index (χ1n) is 10.3. The molecule has 0 aliphatic heterocycles. The average Bonchev–Trinajstić information content (AvgIpc) is 3.04. The highest BCUT2D eigenvalue weighted by Gasteiger charge is 2.17. The van der Waals surface area contributed by atoms with E-state index in [2.05, 4.69) is 38.4 Å². The SMILES string of the molecule is CCCCn1c(O)c(N=NC(=O)CNc2cccc3ccccc23)c2cc(Br)ccc21. The van der Waals surface area contributed by atoms with Crippen LogP contribution in [-0.4, -0.2) is 22.1 Å². The van der Waals surface area contributed by atoms with Crippen molar-refractivity contribution in [2.75, 3.05) is 11.9 Å². The summed E-state index contributed by atoms with van der Waals surface area (Å²) in [5, 5.41) is 24.7. The molecule has 1 heterocycles. The normalized spacial score (nSPS) is 11.5. The van der Waals surface area contributed by atoms with Crippen LogP contribution < -0.4 is 5.32 Å². The van der Waals surface area contributed by atoms with Gasteiger partial charge in [-0.05, 0) is 36.1 Å². The third kappa shape index (κ3) is 4.46. The highest BCUT2D eigenvalue weighted by molar-refractivity contribution is 9.10. The Kier molecular flexibility index (Phi) is 6.32. The van der Waals surface area contributed by atoms with Crippen molar-refractivity contribution >= 4 is 54.9 Å². The van der Waals surface area contributed by atoms with E-state index in [4.69, 9.17) is 0 Å². The van der Waals surface area contributed by atoms with Gasteiger partial charge in [0.2, 0.25) is 5.88 Å². The highest BCUT2D eigenvalue weighted by atomic mass is 79.9. The molecule has 6 nitrogen and oxygen atoms in total. The topological polar surface area (TPSA) is 79.0 Å². The van der Waals surface area contributed by atoms with Gasteiger partial charge in [0, 0.05) is 27.5 Å². The average molecular weight is 479 g/mol. The Labute approximate surface area is 188 Å². The first-order valence-corrected chi connectivity index (χ1v) is 11.0. The molecule has 158 valence electrons. The van der Waals surface area contributed by atoms with E-state index in [0.717, 1.165) is 44.7 Å². The number of fused-ring (bicyclic) bond motifs is 2. The summed E-state index contributed by atoms with van der Waals surface area (Å²) < 4.78 is 2.69. The molecule has 0 saturated heterocycles. The van der Waals surface area contributed by atoms with Crippen LogP contribution >= 0.6 is 15.9 Å². The predicted molar refractivity (Wildman–Crippen MR) is 128 cm³/mol. The maximum absolute atomic E-state index is 12.4. The molecular weight excluding hydrogens is 456 g/mol. The third-order valence-electron chi connectivity index (χ3n) is 5.19. The van der Waals surface area contributed by atoms with Crippen molar-refractivity contribution in [2.45, 2.75) is 26.3 Å². The predicted octanol–water partition coefficient (Wildman–Crippen LogP) is 6.79. The number of nitrogens with one attached hydrogen (secondary N) is 1. The first-order chi connectivity index (χ1) is 15.1. The Morgan fingerprint density at radius 3 is 2.74 bits per heavy atom. The van der Waals surface area contributed by atoms with E-state index in [1.807, 2.05) is 65.2 Å². The highest BCUT2D eigenvalue weighted by Crippen LogP contribution is 2.40. The lowest BCUT2D eigenvalue weighted by molar-refractivity contribution is -0.116. The van der Waals surface area contributed by atoms with E-state index in [1.54, 1.807) is 0 Å². The summed E-state index contributed by atoms with van der Waals surface area (Å²) >= 11 is 3.46. The zero-order chi connectivity index (χ0) is 21.8. The Hall–Kier alpha value is -3.19. The number of nitrogens with zero attached hydrogens (tertiary/aromatic N) is 3. The lowest BCUT2D eigenvalue weighted by Crippen LogP contribution is -2.11. The number of hydrogen-bond donors (Lipinski definition) is 2. The summed E-state index contributed by atoms with van der Waals surface area (Å²) in [6, 6.07) is 19.6. The zero-order valence-corrected chi connectivity index (χ0v) is 18.8. The fourth-order valence-corrected chi connectivity index (χ4v) is 3.99. The molecule has 0 saturated carbocycles. The van der Waals surface area contributed by atoms with Gasteiger partial charge in [-0.25, -0.2) is 0 Å². The Morgan fingerprint density at radius 1 is 1.10 bits per heavy atom. The number of carbonyl (C=O) groups is 1. The molecule has 0 aliphatic rings. The first kappa shape index (κ1) is 21.1. The number of azo groups is 1. The maximum Gasteiger partial charge on any atom is 0.283 e. The van der Waals surface area contributed by atoms with Gasteiger partial charge in [-0.3, -0.25) is 4.79 Å². The second kappa shape index (κ2) is 9.31. The summed E-state index contributed by atoms with van der Waals surface area (Å²) in [6.45, 7) is 2.78. The minimum atomic E-state index is -0.420. The van der Waals surface area contributed by atoms with Crippen molar-refractivity contribution in [2.24, 2.45) is 10.2 Å². The molecule has 3 aromatic carbocycles. The van der Waals surface area contributed by atoms with Crippen molar-refractivity contribution < 1.29 is 9.90 Å². The number of halogens is 1. The number of aromatic nitrogens is 1. The van der Waals surface area contributed by atoms with Crippen molar-refractivity contribution in [1.82, 2.24) is 4.57 Å². The quantitative estimate of drug-likeness (QED) is 0.287. The zero-order valence-electron chi connectivity index (χ0n) is 17.2. The summed E-state index contributed by atoms with van der Waals surface area (Å²) in [5.41, 5.74) is 2.04. The minimum Gasteiger partial charge on any atom is -0.493 e. The fourth-order valence-electron chi connectivity index (χ4n) is 3.63. The van der Waals surface area contributed by atoms with Gasteiger partial charge in [0.1, 0.15) is 0 Å². The van der Waals surface area contributed by atoms with E-state index < -0.39 is 5.91 Å². The van der Waals surface area contributed by atoms with Gasteiger partial charge in [-0.1, -0.05) is 65.7 Å². The number of aryl methyl sites for hydroxylation is 1. The molecule has 0 unspecified atom stereocenters. The molecule has 0 atom stereocenters. The second-order valence-electron chi connectivity index (χ2n) is 7.31. The monoisotopic (exact) mass is 478 g/mol. The molecule has 2 N–H and O–H groups in total. The fraction of sp³-hybridized carbons (Fsp3) is 0.208. The maximum atomic E-state index is 12.4. The summed E-state index contributed by atoms with van der Waals surface area (Å²) in [5.74, 6) is -0.392. The van der Waals surface area contributed by atoms with E-state index in [0.29, 0.717) is 12.2 Å². The largest absolute Gasteiger partial charge is 0.493 e. The minimum absolute atomic E-state index is 0.0104. The van der Waals surface area contributed by atoms with E-state index in [-0.39, 0.29) is 12.4 Å². The summed E-state index contributed by atoms with van der Waals surface area (Å²) in [7, 11) is 0. The molecule has 0 aliphatic carbocycles. The number of benzene rings is 3. The number of hydrogen-bond acceptors (Lipinski definition) is 4. The lowest BCUT2D eigenvalue weighted by Gasteiger charge is -2.07. The molecule has 0 radical (unpaired) electrons. The number of aromatic hydroxyl groups is 1. The molecule has 0 fully saturated rings. The van der Waals surface area contributed by atoms with Crippen LogP contribution in [0.1, 0.15) is 19.8 Å². The molecule has 1 amide bonds. The molecular formula is C24H23BrN4O2. The van der Waals surface area contributed by atoms with Crippen LogP contribution in [0.2, 0.25) is 0 Å². The lowest BCUT2D eigenvalue weighted by atomic mass is 10.1. The molecule has 4 rings (SSSR count). The van der Waals surface area contributed by atoms with Gasteiger partial charge in [-0.15, -0.1) is 10.2 Å². The van der Waals surface area contributed by atoms with E-state index in [9.17, 15) is 9.90 Å². The van der Waals surface area contributed by atoms with Gasteiger partial charge in [0.05, 0.1) is 12.1 Å². The third-order valence-corrected chi connectivity index (χ3v) is 5.68. The molecule has 0 spiro atoms. The molecule has 7 heteroatoms. The number of amides is 1. The van der Waals surface area contributed by atoms with Crippen LogP contribution in [0.4, 0.5) is 11.4 Å². The van der Waals surface area contributed by atoms with Crippen molar-refractivity contribution in [3.8, 4) is 5.88 Å². The molecule has 31 heavy (non-hydrogen) atoms. The van der Waals surface area contributed by atoms with Gasteiger partial charge in [-0.2, -0.15) is 0 Å². The van der Waals surface area contributed by atoms with Crippen LogP contribution in [-0.2, 0) is 11.3 Å². The number of unbranched alkanes of at least 4 members (excludes halogenated alkanes) is 1. The standard InChI is InChI=1S/C24H23BrN4O2/c1-2-3-13-29-21-12-11-17(25)14-19(21)23(24(29)31)28-27-22(30)15-26-20-10-6-8-16-7-4-5-9-18(16)20/h4-12,14,26,31H,2-3,13,15H2,1H3. The van der Waals surface area contributed by atoms with Crippen LogP contribution in [0.25, 0.3) is 21.7 Å². The Balaban J connectivity index is 1.55. The van der Waals surface area contributed by atoms with Crippen molar-refractivity contribution in [3.05, 3.63) is 65.1 Å². The van der Waals surface area contributed by atoms with E-state index in [1.165, 1.54) is 0 Å². The van der Waals surface area contributed by atoms with Gasteiger partial charge in [0.25, 0.3) is 5.91 Å². The Bertz CT molecular complexity index is 1270. The number of carbonyl (C=O) groups excluding carboxylic acids is 1. The number of rotatable bonds is 7. The van der Waals surface area contributed by atoms with E-state index >= 15 is 0 Å². The van der Waals surface area contributed by atoms with Crippen LogP contribution in [0.15, 0.2) is 75.4 Å². The van der Waals surface area contributed by atoms with Crippen LogP contribution in [0.3, 0.4) is 0 Å². The smallest absolute Gasteiger partial charge is 0.283 e. The molecule has 0 bridgehead atoms. The van der Waals surface area contributed by atoms with Gasteiger partial charge in [0.15, 0.2) is 5.69 Å².